The minimum Gasteiger partial charge on any atom is -0.371 e. The maximum Gasteiger partial charge on any atom is 0.322 e. The van der Waals surface area contributed by atoms with E-state index in [2.05, 4.69) is 62.1 Å². The molecule has 0 bridgehead atoms. The molecule has 0 unspecified atom stereocenters. The number of halogens is 1. The first-order valence-electron chi connectivity index (χ1n) is 8.72. The van der Waals surface area contributed by atoms with Crippen molar-refractivity contribution in [1.82, 2.24) is 9.88 Å². The van der Waals surface area contributed by atoms with Crippen LogP contribution < -0.4 is 10.2 Å². The van der Waals surface area contributed by atoms with E-state index in [0.717, 1.165) is 44.6 Å². The van der Waals surface area contributed by atoms with Crippen molar-refractivity contribution in [2.45, 2.75) is 25.3 Å². The third kappa shape index (κ3) is 3.58. The fourth-order valence-corrected chi connectivity index (χ4v) is 4.08. The molecule has 1 fully saturated rings. The van der Waals surface area contributed by atoms with E-state index in [1.165, 1.54) is 14.8 Å². The third-order valence-corrected chi connectivity index (χ3v) is 5.85. The molecule has 0 atom stereocenters. The van der Waals surface area contributed by atoms with Gasteiger partial charge in [-0.25, -0.2) is 4.79 Å². The van der Waals surface area contributed by atoms with Gasteiger partial charge in [0.05, 0.1) is 11.9 Å². The molecule has 0 saturated carbocycles. The lowest BCUT2D eigenvalue weighted by Crippen LogP contribution is -2.48. The molecule has 1 N–H and O–H groups in total. The van der Waals surface area contributed by atoms with E-state index in [4.69, 9.17) is 0 Å². The monoisotopic (exact) mass is 448 g/mol. The lowest BCUT2D eigenvalue weighted by Gasteiger charge is -2.38. The molecule has 1 aromatic carbocycles. The lowest BCUT2D eigenvalue weighted by atomic mass is 10.0. The zero-order chi connectivity index (χ0) is 17.2. The first kappa shape index (κ1) is 16.6. The highest BCUT2D eigenvalue weighted by atomic mass is 127. The van der Waals surface area contributed by atoms with Crippen molar-refractivity contribution in [3.8, 4) is 0 Å². The molecule has 6 heteroatoms. The number of hydrogen-bond acceptors (Lipinski definition) is 3. The summed E-state index contributed by atoms with van der Waals surface area (Å²) in [7, 11) is 0. The summed E-state index contributed by atoms with van der Waals surface area (Å²) in [5, 5.41) is 3.03. The molecule has 1 aromatic heterocycles. The fraction of sp³-hybridized carbons (Fsp3) is 0.368. The van der Waals surface area contributed by atoms with Crippen LogP contribution in [-0.4, -0.2) is 41.6 Å². The van der Waals surface area contributed by atoms with Crippen LogP contribution in [0.1, 0.15) is 18.4 Å². The Morgan fingerprint density at radius 3 is 2.60 bits per heavy atom. The predicted octanol–water partition coefficient (Wildman–Crippen LogP) is 3.75. The second-order valence-electron chi connectivity index (χ2n) is 6.60. The molecule has 2 aliphatic rings. The molecular formula is C19H21IN4O. The highest BCUT2D eigenvalue weighted by Gasteiger charge is 2.30. The van der Waals surface area contributed by atoms with Crippen LogP contribution >= 0.6 is 22.6 Å². The second kappa shape index (κ2) is 7.19. The number of nitrogens with one attached hydrogen (secondary N) is 1. The van der Waals surface area contributed by atoms with Gasteiger partial charge in [-0.2, -0.15) is 0 Å². The molecule has 3 heterocycles. The number of fused-ring (bicyclic) bond motifs is 1. The van der Waals surface area contributed by atoms with E-state index in [-0.39, 0.29) is 6.03 Å². The van der Waals surface area contributed by atoms with E-state index >= 15 is 0 Å². The van der Waals surface area contributed by atoms with Crippen LogP contribution in [0, 0.1) is 3.57 Å². The van der Waals surface area contributed by atoms with Crippen molar-refractivity contribution in [3.05, 3.63) is 51.9 Å². The molecule has 0 spiro atoms. The van der Waals surface area contributed by atoms with Gasteiger partial charge in [0, 0.05) is 41.1 Å². The summed E-state index contributed by atoms with van der Waals surface area (Å²) >= 11 is 2.33. The van der Waals surface area contributed by atoms with Crippen LogP contribution in [-0.2, 0) is 6.42 Å². The number of anilines is 2. The molecule has 2 aromatic rings. The standard InChI is InChI=1S/C19H21IN4O/c20-15-1-3-16(4-2-15)23-10-7-17(8-11-23)24-12-6-14-5-9-21-13-18(14)22-19(24)25/h1-5,9,13,17H,6-8,10-12H2,(H,22,25). The second-order valence-corrected chi connectivity index (χ2v) is 7.85. The highest BCUT2D eigenvalue weighted by molar-refractivity contribution is 14.1. The topological polar surface area (TPSA) is 48.5 Å². The molecule has 4 rings (SSSR count). The number of amides is 2. The summed E-state index contributed by atoms with van der Waals surface area (Å²) in [6, 6.07) is 11.0. The SMILES string of the molecule is O=C1Nc2cnccc2CCN1C1CCN(c2ccc(I)cc2)CC1. The van der Waals surface area contributed by atoms with Crippen LogP contribution in [0.2, 0.25) is 0 Å². The number of rotatable bonds is 2. The Bertz CT molecular complexity index is 756. The van der Waals surface area contributed by atoms with E-state index in [9.17, 15) is 4.79 Å². The van der Waals surface area contributed by atoms with Gasteiger partial charge < -0.3 is 15.1 Å². The van der Waals surface area contributed by atoms with Crippen molar-refractivity contribution < 1.29 is 4.79 Å². The van der Waals surface area contributed by atoms with Crippen LogP contribution in [0.15, 0.2) is 42.7 Å². The van der Waals surface area contributed by atoms with Crippen molar-refractivity contribution in [2.24, 2.45) is 0 Å². The van der Waals surface area contributed by atoms with E-state index < -0.39 is 0 Å². The van der Waals surface area contributed by atoms with Gasteiger partial charge >= 0.3 is 6.03 Å². The number of urea groups is 1. The Hall–Kier alpha value is -1.83. The van der Waals surface area contributed by atoms with Gasteiger partial charge in [0.1, 0.15) is 0 Å². The molecule has 5 nitrogen and oxygen atoms in total. The number of nitrogens with zero attached hydrogens (tertiary/aromatic N) is 3. The van der Waals surface area contributed by atoms with Crippen molar-refractivity contribution in [3.63, 3.8) is 0 Å². The maximum atomic E-state index is 12.6. The fourth-order valence-electron chi connectivity index (χ4n) is 3.72. The predicted molar refractivity (Wildman–Crippen MR) is 108 cm³/mol. The first-order valence-corrected chi connectivity index (χ1v) is 9.79. The Morgan fingerprint density at radius 1 is 1.08 bits per heavy atom. The molecule has 25 heavy (non-hydrogen) atoms. The van der Waals surface area contributed by atoms with Crippen LogP contribution in [0.25, 0.3) is 0 Å². The number of aromatic nitrogens is 1. The summed E-state index contributed by atoms with van der Waals surface area (Å²) in [4.78, 5) is 21.2. The van der Waals surface area contributed by atoms with Gasteiger partial charge in [-0.05, 0) is 77.7 Å². The average Bonchev–Trinajstić information content (AvgIpc) is 2.81. The Morgan fingerprint density at radius 2 is 1.84 bits per heavy atom. The van der Waals surface area contributed by atoms with Crippen LogP contribution in [0.5, 0.6) is 0 Å². The van der Waals surface area contributed by atoms with Crippen LogP contribution in [0.3, 0.4) is 0 Å². The van der Waals surface area contributed by atoms with Gasteiger partial charge in [-0.15, -0.1) is 0 Å². The minimum atomic E-state index is 0.0134. The Labute approximate surface area is 161 Å². The van der Waals surface area contributed by atoms with Gasteiger partial charge in [-0.3, -0.25) is 4.98 Å². The van der Waals surface area contributed by atoms with E-state index in [1.54, 1.807) is 12.4 Å². The quantitative estimate of drug-likeness (QED) is 0.713. The molecule has 2 aliphatic heterocycles. The van der Waals surface area contributed by atoms with Crippen LogP contribution in [0.4, 0.5) is 16.2 Å². The summed E-state index contributed by atoms with van der Waals surface area (Å²) in [6.45, 7) is 2.75. The van der Waals surface area contributed by atoms with E-state index in [1.807, 2.05) is 11.0 Å². The Balaban J connectivity index is 1.41. The number of carbonyl (C=O) groups is 1. The molecule has 2 amide bonds. The zero-order valence-electron chi connectivity index (χ0n) is 14.0. The van der Waals surface area contributed by atoms with E-state index in [0.29, 0.717) is 6.04 Å². The smallest absolute Gasteiger partial charge is 0.322 e. The number of benzene rings is 1. The molecule has 0 radical (unpaired) electrons. The zero-order valence-corrected chi connectivity index (χ0v) is 16.1. The number of hydrogen-bond donors (Lipinski definition) is 1. The van der Waals surface area contributed by atoms with Gasteiger partial charge in [0.15, 0.2) is 0 Å². The number of piperidine rings is 1. The summed E-state index contributed by atoms with van der Waals surface area (Å²) < 4.78 is 1.26. The lowest BCUT2D eigenvalue weighted by molar-refractivity contribution is 0.177. The summed E-state index contributed by atoms with van der Waals surface area (Å²) in [5.74, 6) is 0. The number of carbonyl (C=O) groups excluding carboxylic acids is 1. The Kier molecular flexibility index (Phi) is 4.78. The highest BCUT2D eigenvalue weighted by Crippen LogP contribution is 2.26. The molecule has 1 saturated heterocycles. The average molecular weight is 448 g/mol. The molecule has 130 valence electrons. The summed E-state index contributed by atoms with van der Waals surface area (Å²) in [6.07, 6.45) is 6.44. The minimum absolute atomic E-state index is 0.0134. The maximum absolute atomic E-state index is 12.6. The molecule has 0 aliphatic carbocycles. The number of pyridine rings is 1. The third-order valence-electron chi connectivity index (χ3n) is 5.13. The largest absolute Gasteiger partial charge is 0.371 e. The van der Waals surface area contributed by atoms with Crippen molar-refractivity contribution in [1.29, 1.82) is 0 Å². The summed E-state index contributed by atoms with van der Waals surface area (Å²) in [5.41, 5.74) is 3.30. The van der Waals surface area contributed by atoms with Crippen molar-refractivity contribution in [2.75, 3.05) is 29.9 Å². The van der Waals surface area contributed by atoms with Gasteiger partial charge in [0.25, 0.3) is 0 Å². The van der Waals surface area contributed by atoms with Gasteiger partial charge in [0.2, 0.25) is 0 Å². The first-order chi connectivity index (χ1) is 12.2. The molecular weight excluding hydrogens is 427 g/mol. The van der Waals surface area contributed by atoms with Gasteiger partial charge in [-0.1, -0.05) is 0 Å². The normalized spacial score (nSPS) is 18.5. The van der Waals surface area contributed by atoms with Crippen molar-refractivity contribution >= 4 is 40.0 Å².